The predicted octanol–water partition coefficient (Wildman–Crippen LogP) is 3.84. The Morgan fingerprint density at radius 2 is 1.38 bits per heavy atom. The van der Waals surface area contributed by atoms with Gasteiger partial charge in [-0.05, 0) is 11.6 Å². The summed E-state index contributed by atoms with van der Waals surface area (Å²) >= 11 is 25.9. The first-order chi connectivity index (χ1) is 3.55. The van der Waals surface area contributed by atoms with Crippen molar-refractivity contribution in [3.8, 4) is 0 Å². The summed E-state index contributed by atoms with van der Waals surface area (Å²) in [5.41, 5.74) is 0. The fraction of sp³-hybridized carbons (Fsp3) is 0. The summed E-state index contributed by atoms with van der Waals surface area (Å²) in [5.74, 6) is 0. The zero-order valence-electron chi connectivity index (χ0n) is 3.39. The maximum Gasteiger partial charge on any atom is 0.270 e. The Labute approximate surface area is 72.3 Å². The second-order valence-corrected chi connectivity index (χ2v) is 3.11. The van der Waals surface area contributed by atoms with E-state index in [2.05, 4.69) is 0 Å². The molecule has 0 amide bonds. The molecular weight excluding hydrogens is 213 g/mol. The number of halogens is 5. The van der Waals surface area contributed by atoms with Crippen molar-refractivity contribution in [2.45, 2.75) is 0 Å². The molecule has 5 heteroatoms. The van der Waals surface area contributed by atoms with E-state index in [1.807, 2.05) is 0 Å². The molecule has 0 radical (unpaired) electrons. The molecule has 0 fully saturated rings. The number of hydrogen-bond donors (Lipinski definition) is 0. The van der Waals surface area contributed by atoms with Gasteiger partial charge in [0.15, 0.2) is 0 Å². The van der Waals surface area contributed by atoms with Crippen LogP contribution in [-0.2, 0) is 0 Å². The van der Waals surface area contributed by atoms with E-state index in [-0.39, 0.29) is 14.4 Å². The second kappa shape index (κ2) is 3.97. The molecule has 0 aromatic rings. The largest absolute Gasteiger partial charge is 0.270 e. The topological polar surface area (TPSA) is 0 Å². The van der Waals surface area contributed by atoms with E-state index in [1.165, 1.54) is 0 Å². The van der Waals surface area contributed by atoms with E-state index in [0.717, 1.165) is 0 Å². The Kier molecular flexibility index (Phi) is 4.50. The van der Waals surface area contributed by atoms with E-state index in [1.54, 1.807) is 0 Å². The molecule has 0 saturated carbocycles. The van der Waals surface area contributed by atoms with E-state index >= 15 is 0 Å². The first-order valence-corrected chi connectivity index (χ1v) is 3.33. The molecule has 8 heavy (non-hydrogen) atoms. The Hall–Kier alpha value is 1.06. The monoisotopic (exact) mass is 211 g/mol. The molecule has 0 unspecified atom stereocenters. The van der Waals surface area contributed by atoms with Crippen LogP contribution in [0.15, 0.2) is 9.52 Å². The second-order valence-electron chi connectivity index (χ2n) is 0.835. The summed E-state index contributed by atoms with van der Waals surface area (Å²) in [4.78, 5) is -0.133. The molecule has 0 aliphatic carbocycles. The van der Waals surface area contributed by atoms with E-state index in [9.17, 15) is 0 Å². The maximum absolute atomic E-state index is 5.27. The predicted molar refractivity (Wildman–Crippen MR) is 39.5 cm³/mol. The Morgan fingerprint density at radius 3 is 1.38 bits per heavy atom. The SMILES string of the molecule is ClC(Cl)=C(Cl)[C+](Cl)Cl. The highest BCUT2D eigenvalue weighted by Gasteiger charge is 2.21. The van der Waals surface area contributed by atoms with Crippen LogP contribution >= 0.6 is 58.0 Å². The van der Waals surface area contributed by atoms with Gasteiger partial charge in [-0.25, -0.2) is 0 Å². The molecular formula is C3Cl5+. The molecule has 0 saturated heterocycles. The molecule has 0 aromatic heterocycles. The van der Waals surface area contributed by atoms with Crippen LogP contribution in [0.5, 0.6) is 0 Å². The summed E-state index contributed by atoms with van der Waals surface area (Å²) in [6.45, 7) is 0. The standard InChI is InChI=1S/C3Cl5/c4-1(2(5)6)3(7)8/q+1. The fourth-order valence-corrected chi connectivity index (χ4v) is 0.643. The van der Waals surface area contributed by atoms with Crippen molar-refractivity contribution in [3.05, 3.63) is 14.4 Å². The van der Waals surface area contributed by atoms with Crippen LogP contribution in [0.2, 0.25) is 0 Å². The molecule has 0 aromatic carbocycles. The third-order valence-electron chi connectivity index (χ3n) is 0.332. The van der Waals surface area contributed by atoms with Gasteiger partial charge in [0, 0.05) is 0 Å². The summed E-state index contributed by atoms with van der Waals surface area (Å²) in [7, 11) is 0. The van der Waals surface area contributed by atoms with Gasteiger partial charge >= 0.3 is 0 Å². The van der Waals surface area contributed by atoms with Crippen molar-refractivity contribution in [2.24, 2.45) is 0 Å². The normalized spacial score (nSPS) is 8.62. The zero-order valence-corrected chi connectivity index (χ0v) is 7.17. The molecule has 0 aliphatic heterocycles. The number of rotatable bonds is 1. The molecule has 0 aliphatic rings. The Balaban J connectivity index is 4.00. The lowest BCUT2D eigenvalue weighted by molar-refractivity contribution is 1.80. The van der Waals surface area contributed by atoms with Gasteiger partial charge in [0.1, 0.15) is 0 Å². The quantitative estimate of drug-likeness (QED) is 0.580. The first kappa shape index (κ1) is 9.06. The smallest absolute Gasteiger partial charge is 0.0311 e. The summed E-state index contributed by atoms with van der Waals surface area (Å²) in [6, 6.07) is 0. The van der Waals surface area contributed by atoms with Crippen molar-refractivity contribution < 1.29 is 0 Å². The summed E-state index contributed by atoms with van der Waals surface area (Å²) < 4.78 is -0.133. The van der Waals surface area contributed by atoms with Crippen molar-refractivity contribution in [3.63, 3.8) is 0 Å². The lowest BCUT2D eigenvalue weighted by atomic mass is 10.7. The Bertz CT molecular complexity index is 100. The van der Waals surface area contributed by atoms with Crippen LogP contribution in [0, 0.1) is 4.84 Å². The third-order valence-corrected chi connectivity index (χ3v) is 1.85. The molecule has 0 heterocycles. The zero-order chi connectivity index (χ0) is 6.73. The average Bonchev–Trinajstić information content (AvgIpc) is 1.64. The van der Waals surface area contributed by atoms with Crippen LogP contribution < -0.4 is 0 Å². The summed E-state index contributed by atoms with van der Waals surface area (Å²) in [6.07, 6.45) is 0. The fourth-order valence-electron chi connectivity index (χ4n) is 0.0714. The van der Waals surface area contributed by atoms with Crippen molar-refractivity contribution >= 4 is 58.0 Å². The van der Waals surface area contributed by atoms with Gasteiger partial charge in [-0.3, -0.25) is 0 Å². The number of allylic oxidation sites excluding steroid dienone is 1. The molecule has 0 atom stereocenters. The van der Waals surface area contributed by atoms with Gasteiger partial charge in [-0.1, -0.05) is 0 Å². The highest BCUT2D eigenvalue weighted by molar-refractivity contribution is 6.66. The highest BCUT2D eigenvalue weighted by Crippen LogP contribution is 2.32. The summed E-state index contributed by atoms with van der Waals surface area (Å²) in [5, 5.41) is -0.0309. The number of hydrogen-bond acceptors (Lipinski definition) is 0. The van der Waals surface area contributed by atoms with Gasteiger partial charge in [0.2, 0.25) is 0 Å². The van der Waals surface area contributed by atoms with Crippen molar-refractivity contribution in [1.29, 1.82) is 0 Å². The van der Waals surface area contributed by atoms with Crippen LogP contribution in [0.1, 0.15) is 0 Å². The minimum absolute atomic E-state index is 0.0309. The molecule has 0 rings (SSSR count). The van der Waals surface area contributed by atoms with Crippen LogP contribution in [0.25, 0.3) is 0 Å². The lowest BCUT2D eigenvalue weighted by Gasteiger charge is -1.80. The van der Waals surface area contributed by atoms with Crippen LogP contribution in [0.4, 0.5) is 0 Å². The average molecular weight is 213 g/mol. The molecule has 0 spiro atoms. The Morgan fingerprint density at radius 1 is 1.00 bits per heavy atom. The van der Waals surface area contributed by atoms with E-state index in [0.29, 0.717) is 0 Å². The highest BCUT2D eigenvalue weighted by atomic mass is 35.5. The maximum atomic E-state index is 5.27. The third kappa shape index (κ3) is 3.16. The minimum Gasteiger partial charge on any atom is -0.0311 e. The van der Waals surface area contributed by atoms with Gasteiger partial charge in [0.05, 0.1) is 46.4 Å². The molecule has 0 bridgehead atoms. The lowest BCUT2D eigenvalue weighted by Crippen LogP contribution is -1.73. The van der Waals surface area contributed by atoms with E-state index < -0.39 is 0 Å². The van der Waals surface area contributed by atoms with Crippen LogP contribution in [-0.4, -0.2) is 0 Å². The molecule has 46 valence electrons. The van der Waals surface area contributed by atoms with Gasteiger partial charge < -0.3 is 0 Å². The van der Waals surface area contributed by atoms with Crippen molar-refractivity contribution in [1.82, 2.24) is 0 Å². The van der Waals surface area contributed by atoms with Crippen molar-refractivity contribution in [2.75, 3.05) is 0 Å². The first-order valence-electron chi connectivity index (χ1n) is 1.44. The molecule has 0 nitrogen and oxygen atoms in total. The van der Waals surface area contributed by atoms with Crippen LogP contribution in [0.3, 0.4) is 0 Å². The van der Waals surface area contributed by atoms with Gasteiger partial charge in [0.25, 0.3) is 14.4 Å². The van der Waals surface area contributed by atoms with Gasteiger partial charge in [-0.15, -0.1) is 0 Å². The van der Waals surface area contributed by atoms with E-state index in [4.69, 9.17) is 58.0 Å². The van der Waals surface area contributed by atoms with Gasteiger partial charge in [-0.2, -0.15) is 0 Å². The minimum atomic E-state index is -0.133. The molecule has 0 N–H and O–H groups in total.